The van der Waals surface area contributed by atoms with E-state index in [9.17, 15) is 10.1 Å². The van der Waals surface area contributed by atoms with E-state index in [0.717, 1.165) is 37.7 Å². The first kappa shape index (κ1) is 30.5. The summed E-state index contributed by atoms with van der Waals surface area (Å²) in [6.07, 6.45) is 21.9. The van der Waals surface area contributed by atoms with Gasteiger partial charge in [-0.05, 0) is 55.5 Å². The molecule has 0 saturated heterocycles. The summed E-state index contributed by atoms with van der Waals surface area (Å²) in [4.78, 5) is 22.0. The Morgan fingerprint density at radius 3 is 1.89 bits per heavy atom. The molecule has 0 radical (unpaired) electrons. The molecule has 0 amide bonds. The molecule has 1 heterocycles. The van der Waals surface area contributed by atoms with E-state index in [0.29, 0.717) is 24.4 Å². The number of carbonyl (C=O) groups excluding carboxylic acids is 1. The Hall–Kier alpha value is -2.74. The zero-order valence-corrected chi connectivity index (χ0v) is 23.4. The van der Waals surface area contributed by atoms with Gasteiger partial charge < -0.3 is 4.74 Å². The highest BCUT2D eigenvalue weighted by Gasteiger charge is 2.38. The fourth-order valence-electron chi connectivity index (χ4n) is 4.61. The van der Waals surface area contributed by atoms with Gasteiger partial charge in [-0.25, -0.2) is 14.8 Å². The average molecular weight is 506 g/mol. The van der Waals surface area contributed by atoms with Gasteiger partial charge in [0.2, 0.25) is 0 Å². The summed E-state index contributed by atoms with van der Waals surface area (Å²) in [7, 11) is 0. The lowest BCUT2D eigenvalue weighted by molar-refractivity contribution is -0.143. The van der Waals surface area contributed by atoms with Gasteiger partial charge in [0.1, 0.15) is 5.75 Å². The predicted octanol–water partition coefficient (Wildman–Crippen LogP) is 9.01. The van der Waals surface area contributed by atoms with Crippen LogP contribution in [0.3, 0.4) is 0 Å². The highest BCUT2D eigenvalue weighted by Crippen LogP contribution is 2.31. The van der Waals surface area contributed by atoms with Crippen LogP contribution in [0.1, 0.15) is 123 Å². The lowest BCUT2D eigenvalue weighted by Gasteiger charge is -2.22. The quantitative estimate of drug-likeness (QED) is 0.108. The molecule has 0 fully saturated rings. The van der Waals surface area contributed by atoms with Crippen LogP contribution in [0.25, 0.3) is 11.4 Å². The van der Waals surface area contributed by atoms with Crippen molar-refractivity contribution in [2.45, 2.75) is 124 Å². The maximum Gasteiger partial charge on any atom is 0.331 e. The Balaban J connectivity index is 1.81. The smallest absolute Gasteiger partial charge is 0.331 e. The van der Waals surface area contributed by atoms with E-state index in [4.69, 9.17) is 4.74 Å². The van der Waals surface area contributed by atoms with E-state index < -0.39 is 11.4 Å². The highest BCUT2D eigenvalue weighted by molar-refractivity contribution is 5.82. The number of esters is 1. The molecule has 0 N–H and O–H groups in total. The summed E-state index contributed by atoms with van der Waals surface area (Å²) >= 11 is 0. The molecule has 2 aromatic rings. The Morgan fingerprint density at radius 2 is 1.35 bits per heavy atom. The third kappa shape index (κ3) is 10.6. The number of hydrogen-bond acceptors (Lipinski definition) is 5. The zero-order valence-electron chi connectivity index (χ0n) is 23.4. The summed E-state index contributed by atoms with van der Waals surface area (Å²) in [5, 5.41) is 9.76. The van der Waals surface area contributed by atoms with Crippen molar-refractivity contribution in [2.75, 3.05) is 0 Å². The first-order valence-corrected chi connectivity index (χ1v) is 14.6. The summed E-state index contributed by atoms with van der Waals surface area (Å²) < 4.78 is 5.62. The van der Waals surface area contributed by atoms with Crippen LogP contribution in [0.4, 0.5) is 0 Å². The Morgan fingerprint density at radius 1 is 0.811 bits per heavy atom. The number of rotatable bonds is 19. The number of ether oxygens (including phenoxy) is 1. The minimum atomic E-state index is -1.08. The number of nitrogens with zero attached hydrogens (tertiary/aromatic N) is 3. The maximum atomic E-state index is 12.9. The average Bonchev–Trinajstić information content (AvgIpc) is 2.93. The van der Waals surface area contributed by atoms with Crippen molar-refractivity contribution in [2.24, 2.45) is 5.41 Å². The van der Waals surface area contributed by atoms with Crippen LogP contribution in [0.5, 0.6) is 5.75 Å². The number of aryl methyl sites for hydroxylation is 1. The van der Waals surface area contributed by atoms with Crippen LogP contribution in [0, 0.1) is 16.7 Å². The highest BCUT2D eigenvalue weighted by atomic mass is 16.5. The second kappa shape index (κ2) is 17.7. The fourth-order valence-corrected chi connectivity index (χ4v) is 4.61. The normalized spacial score (nSPS) is 12.6. The third-order valence-electron chi connectivity index (χ3n) is 7.26. The van der Waals surface area contributed by atoms with Crippen LogP contribution in [-0.2, 0) is 11.2 Å². The van der Waals surface area contributed by atoms with Crippen molar-refractivity contribution >= 4 is 5.97 Å². The lowest BCUT2D eigenvalue weighted by atomic mass is 9.81. The molecule has 5 heteroatoms. The molecule has 1 unspecified atom stereocenters. The molecular formula is C32H47N3O2. The molecule has 2 rings (SSSR count). The summed E-state index contributed by atoms with van der Waals surface area (Å²) in [5.41, 5.74) is 0.958. The van der Waals surface area contributed by atoms with E-state index >= 15 is 0 Å². The molecule has 0 aliphatic rings. The standard InChI is InChI=1S/C32H47N3O2/c1-4-7-9-11-12-13-14-15-16-18-27-24-34-30(35-25-27)28-19-21-29(22-20-28)37-31(36)32(6-3,26-33)23-17-10-8-5-2/h19-22,24-25H,4-18,23H2,1-3H3. The Kier molecular flexibility index (Phi) is 14.6. The van der Waals surface area contributed by atoms with Gasteiger partial charge >= 0.3 is 5.97 Å². The molecule has 0 spiro atoms. The summed E-state index contributed by atoms with van der Waals surface area (Å²) in [6.45, 7) is 6.29. The topological polar surface area (TPSA) is 75.9 Å². The van der Waals surface area contributed by atoms with Crippen LogP contribution in [-0.4, -0.2) is 15.9 Å². The summed E-state index contributed by atoms with van der Waals surface area (Å²) in [6, 6.07) is 9.47. The van der Waals surface area contributed by atoms with Gasteiger partial charge in [-0.3, -0.25) is 0 Å². The second-order valence-electron chi connectivity index (χ2n) is 10.3. The van der Waals surface area contributed by atoms with Crippen molar-refractivity contribution in [3.05, 3.63) is 42.2 Å². The van der Waals surface area contributed by atoms with Crippen molar-refractivity contribution < 1.29 is 9.53 Å². The number of aromatic nitrogens is 2. The largest absolute Gasteiger partial charge is 0.425 e. The number of nitriles is 1. The molecule has 0 aliphatic heterocycles. The molecule has 202 valence electrons. The molecule has 1 aromatic heterocycles. The van der Waals surface area contributed by atoms with Gasteiger partial charge in [-0.2, -0.15) is 5.26 Å². The van der Waals surface area contributed by atoms with Gasteiger partial charge in [0.05, 0.1) is 6.07 Å². The fraction of sp³-hybridized carbons (Fsp3) is 0.625. The van der Waals surface area contributed by atoms with Gasteiger partial charge in [0, 0.05) is 18.0 Å². The molecule has 0 aliphatic carbocycles. The zero-order chi connectivity index (χ0) is 26.8. The van der Waals surface area contributed by atoms with Crippen molar-refractivity contribution in [1.82, 2.24) is 9.97 Å². The molecule has 1 atom stereocenters. The molecule has 1 aromatic carbocycles. The number of unbranched alkanes of at least 4 members (excludes halogenated alkanes) is 11. The molecule has 0 bridgehead atoms. The first-order chi connectivity index (χ1) is 18.1. The predicted molar refractivity (Wildman–Crippen MR) is 151 cm³/mol. The minimum Gasteiger partial charge on any atom is -0.425 e. The monoisotopic (exact) mass is 505 g/mol. The van der Waals surface area contributed by atoms with E-state index in [1.54, 1.807) is 12.1 Å². The molecule has 5 nitrogen and oxygen atoms in total. The van der Waals surface area contributed by atoms with Crippen LogP contribution in [0.2, 0.25) is 0 Å². The summed E-state index contributed by atoms with van der Waals surface area (Å²) in [5.74, 6) is 0.640. The number of benzene rings is 1. The molecule has 0 saturated carbocycles. The van der Waals surface area contributed by atoms with Crippen LogP contribution < -0.4 is 4.74 Å². The van der Waals surface area contributed by atoms with Crippen LogP contribution >= 0.6 is 0 Å². The maximum absolute atomic E-state index is 12.9. The number of carbonyl (C=O) groups is 1. The van der Waals surface area contributed by atoms with Gasteiger partial charge in [-0.15, -0.1) is 0 Å². The van der Waals surface area contributed by atoms with Gasteiger partial charge in [-0.1, -0.05) is 97.8 Å². The van der Waals surface area contributed by atoms with Crippen LogP contribution in [0.15, 0.2) is 36.7 Å². The molecular weight excluding hydrogens is 458 g/mol. The first-order valence-electron chi connectivity index (χ1n) is 14.6. The third-order valence-corrected chi connectivity index (χ3v) is 7.26. The van der Waals surface area contributed by atoms with E-state index in [1.807, 2.05) is 31.5 Å². The van der Waals surface area contributed by atoms with E-state index in [1.165, 1.54) is 63.4 Å². The Labute approximate surface area is 225 Å². The van der Waals surface area contributed by atoms with Crippen molar-refractivity contribution in [3.8, 4) is 23.2 Å². The van der Waals surface area contributed by atoms with Crippen molar-refractivity contribution in [1.29, 1.82) is 5.26 Å². The van der Waals surface area contributed by atoms with Gasteiger partial charge in [0.25, 0.3) is 0 Å². The van der Waals surface area contributed by atoms with Gasteiger partial charge in [0.15, 0.2) is 11.2 Å². The Bertz CT molecular complexity index is 934. The molecule has 37 heavy (non-hydrogen) atoms. The van der Waals surface area contributed by atoms with E-state index in [-0.39, 0.29) is 0 Å². The SMILES string of the molecule is CCCCCCCCCCCc1cnc(-c2ccc(OC(=O)C(C#N)(CC)CCCCCC)cc2)nc1. The van der Waals surface area contributed by atoms with Crippen molar-refractivity contribution in [3.63, 3.8) is 0 Å². The van der Waals surface area contributed by atoms with E-state index in [2.05, 4.69) is 29.9 Å². The number of hydrogen-bond donors (Lipinski definition) is 0. The minimum absolute atomic E-state index is 0.442. The second-order valence-corrected chi connectivity index (χ2v) is 10.3. The lowest BCUT2D eigenvalue weighted by Crippen LogP contribution is -2.33.